The lowest BCUT2D eigenvalue weighted by atomic mass is 9.89. The number of aryl methyl sites for hydroxylation is 1. The number of hydrazone groups is 1. The first-order valence-corrected chi connectivity index (χ1v) is 9.06. The van der Waals surface area contributed by atoms with Crippen molar-refractivity contribution in [2.75, 3.05) is 6.61 Å². The summed E-state index contributed by atoms with van der Waals surface area (Å²) >= 11 is 0. The van der Waals surface area contributed by atoms with Crippen molar-refractivity contribution in [3.63, 3.8) is 0 Å². The Labute approximate surface area is 166 Å². The minimum absolute atomic E-state index is 0.364. The van der Waals surface area contributed by atoms with Crippen molar-refractivity contribution in [1.29, 1.82) is 0 Å². The molecule has 0 spiro atoms. The molecule has 0 saturated heterocycles. The molecule has 8 heteroatoms. The molecule has 1 aromatic heterocycles. The van der Waals surface area contributed by atoms with Gasteiger partial charge >= 0.3 is 5.97 Å². The van der Waals surface area contributed by atoms with Crippen LogP contribution >= 0.6 is 0 Å². The highest BCUT2D eigenvalue weighted by atomic mass is 16.5. The number of aromatic nitrogens is 2. The van der Waals surface area contributed by atoms with Crippen LogP contribution in [0.25, 0.3) is 11.3 Å². The number of hydrogen-bond acceptors (Lipinski definition) is 5. The minimum atomic E-state index is -1.07. The number of nitrogens with one attached hydrogen (secondary N) is 2. The summed E-state index contributed by atoms with van der Waals surface area (Å²) in [6.45, 7) is -0.459. The van der Waals surface area contributed by atoms with Crippen LogP contribution in [-0.4, -0.2) is 40.0 Å². The molecule has 0 bridgehead atoms. The lowest BCUT2D eigenvalue weighted by Gasteiger charge is -2.15. The number of carboxylic acid groups (broad SMARTS) is 1. The minimum Gasteiger partial charge on any atom is -0.481 e. The number of hydrogen-bond donors (Lipinski definition) is 3. The molecule has 1 aliphatic carbocycles. The Morgan fingerprint density at radius 2 is 1.97 bits per heavy atom. The van der Waals surface area contributed by atoms with E-state index in [4.69, 9.17) is 9.84 Å². The van der Waals surface area contributed by atoms with Crippen LogP contribution in [0.15, 0.2) is 53.6 Å². The lowest BCUT2D eigenvalue weighted by molar-refractivity contribution is -0.139. The number of aliphatic carboxylic acids is 1. The van der Waals surface area contributed by atoms with Crippen LogP contribution in [0.4, 0.5) is 0 Å². The number of fused-ring (bicyclic) bond motifs is 3. The smallest absolute Gasteiger partial charge is 0.341 e. The SMILES string of the molecule is O=C(O)COc1ccccc1C=NNC(=O)c1[nH]nc2c1CCc1ccccc1-2. The number of ether oxygens (including phenoxy) is 1. The maximum atomic E-state index is 12.6. The first kappa shape index (κ1) is 18.4. The average Bonchev–Trinajstić information content (AvgIpc) is 3.17. The molecule has 1 heterocycles. The van der Waals surface area contributed by atoms with Crippen LogP contribution in [-0.2, 0) is 17.6 Å². The Morgan fingerprint density at radius 3 is 2.83 bits per heavy atom. The first-order chi connectivity index (χ1) is 14.1. The van der Waals surface area contributed by atoms with Gasteiger partial charge in [-0.05, 0) is 30.5 Å². The van der Waals surface area contributed by atoms with E-state index in [2.05, 4.69) is 26.8 Å². The van der Waals surface area contributed by atoms with Crippen LogP contribution in [0, 0.1) is 0 Å². The summed E-state index contributed by atoms with van der Waals surface area (Å²) in [4.78, 5) is 23.3. The largest absolute Gasteiger partial charge is 0.481 e. The number of para-hydroxylation sites is 1. The van der Waals surface area contributed by atoms with Gasteiger partial charge in [-0.1, -0.05) is 36.4 Å². The summed E-state index contributed by atoms with van der Waals surface area (Å²) in [5.74, 6) is -1.10. The van der Waals surface area contributed by atoms with E-state index in [9.17, 15) is 9.59 Å². The molecule has 0 saturated carbocycles. The quantitative estimate of drug-likeness (QED) is 0.441. The molecule has 4 rings (SSSR count). The number of carbonyl (C=O) groups is 2. The number of carboxylic acids is 1. The van der Waals surface area contributed by atoms with Crippen molar-refractivity contribution in [3.8, 4) is 17.0 Å². The van der Waals surface area contributed by atoms with Crippen molar-refractivity contribution in [2.45, 2.75) is 12.8 Å². The van der Waals surface area contributed by atoms with E-state index in [1.54, 1.807) is 24.3 Å². The van der Waals surface area contributed by atoms with Gasteiger partial charge in [0.25, 0.3) is 5.91 Å². The number of nitrogens with zero attached hydrogens (tertiary/aromatic N) is 2. The van der Waals surface area contributed by atoms with Crippen LogP contribution in [0.5, 0.6) is 5.75 Å². The maximum absolute atomic E-state index is 12.6. The maximum Gasteiger partial charge on any atom is 0.341 e. The Bertz CT molecular complexity index is 1100. The number of rotatable bonds is 6. The third kappa shape index (κ3) is 3.86. The molecule has 0 unspecified atom stereocenters. The van der Waals surface area contributed by atoms with Crippen LogP contribution in [0.2, 0.25) is 0 Å². The molecule has 146 valence electrons. The van der Waals surface area contributed by atoms with Gasteiger partial charge in [0, 0.05) is 16.7 Å². The topological polar surface area (TPSA) is 117 Å². The van der Waals surface area contributed by atoms with Crippen molar-refractivity contribution in [1.82, 2.24) is 15.6 Å². The van der Waals surface area contributed by atoms with Gasteiger partial charge in [0.2, 0.25) is 0 Å². The number of H-pyrrole nitrogens is 1. The number of aromatic amines is 1. The normalized spacial score (nSPS) is 12.3. The number of carbonyl (C=O) groups excluding carboxylic acids is 1. The van der Waals surface area contributed by atoms with E-state index in [0.29, 0.717) is 17.0 Å². The summed E-state index contributed by atoms with van der Waals surface area (Å²) in [7, 11) is 0. The summed E-state index contributed by atoms with van der Waals surface area (Å²) in [5.41, 5.74) is 7.36. The van der Waals surface area contributed by atoms with Gasteiger partial charge < -0.3 is 9.84 Å². The highest BCUT2D eigenvalue weighted by Crippen LogP contribution is 2.33. The average molecular weight is 390 g/mol. The second kappa shape index (κ2) is 7.97. The van der Waals surface area contributed by atoms with Gasteiger partial charge in [-0.3, -0.25) is 9.89 Å². The highest BCUT2D eigenvalue weighted by Gasteiger charge is 2.24. The van der Waals surface area contributed by atoms with E-state index in [1.165, 1.54) is 11.8 Å². The summed E-state index contributed by atoms with van der Waals surface area (Å²) in [6, 6.07) is 14.9. The van der Waals surface area contributed by atoms with Crippen molar-refractivity contribution in [2.24, 2.45) is 5.10 Å². The van der Waals surface area contributed by atoms with Gasteiger partial charge in [-0.25, -0.2) is 10.2 Å². The second-order valence-electron chi connectivity index (χ2n) is 6.50. The van der Waals surface area contributed by atoms with Crippen LogP contribution in [0.1, 0.15) is 27.2 Å². The zero-order valence-corrected chi connectivity index (χ0v) is 15.4. The molecule has 1 aliphatic rings. The Morgan fingerprint density at radius 1 is 1.17 bits per heavy atom. The zero-order valence-electron chi connectivity index (χ0n) is 15.4. The summed E-state index contributed by atoms with van der Waals surface area (Å²) in [5, 5.41) is 19.9. The van der Waals surface area contributed by atoms with E-state index < -0.39 is 18.5 Å². The van der Waals surface area contributed by atoms with Gasteiger partial charge in [0.15, 0.2) is 6.61 Å². The predicted molar refractivity (Wildman–Crippen MR) is 106 cm³/mol. The molecule has 2 aromatic carbocycles. The van der Waals surface area contributed by atoms with E-state index in [0.717, 1.165) is 29.7 Å². The van der Waals surface area contributed by atoms with Crippen LogP contribution in [0.3, 0.4) is 0 Å². The van der Waals surface area contributed by atoms with E-state index >= 15 is 0 Å². The molecule has 0 fully saturated rings. The van der Waals surface area contributed by atoms with Gasteiger partial charge in [0.1, 0.15) is 11.4 Å². The van der Waals surface area contributed by atoms with E-state index in [-0.39, 0.29) is 0 Å². The van der Waals surface area contributed by atoms with Gasteiger partial charge in [-0.15, -0.1) is 0 Å². The van der Waals surface area contributed by atoms with Crippen molar-refractivity contribution >= 4 is 18.1 Å². The highest BCUT2D eigenvalue weighted by molar-refractivity contribution is 5.96. The standard InChI is InChI=1S/C21H18N4O4/c26-18(27)12-29-17-8-4-2-6-14(17)11-22-25-21(28)20-16-10-9-13-5-1-3-7-15(13)19(16)23-24-20/h1-8,11H,9-10,12H2,(H,23,24)(H,25,28)(H,26,27). The van der Waals surface area contributed by atoms with Gasteiger partial charge in [0.05, 0.1) is 11.9 Å². The predicted octanol–water partition coefficient (Wildman–Crippen LogP) is 2.40. The molecule has 0 aliphatic heterocycles. The molecule has 3 aromatic rings. The van der Waals surface area contributed by atoms with Crippen molar-refractivity contribution in [3.05, 3.63) is 70.9 Å². The molecular weight excluding hydrogens is 372 g/mol. The molecular formula is C21H18N4O4. The third-order valence-corrected chi connectivity index (χ3v) is 4.65. The second-order valence-corrected chi connectivity index (χ2v) is 6.50. The molecule has 1 amide bonds. The molecule has 8 nitrogen and oxygen atoms in total. The Kier molecular flexibility index (Phi) is 5.07. The number of benzene rings is 2. The lowest BCUT2D eigenvalue weighted by Crippen LogP contribution is -2.20. The third-order valence-electron chi connectivity index (χ3n) is 4.65. The molecule has 0 atom stereocenters. The zero-order chi connectivity index (χ0) is 20.2. The number of amides is 1. The Balaban J connectivity index is 1.48. The molecule has 0 radical (unpaired) electrons. The van der Waals surface area contributed by atoms with Crippen molar-refractivity contribution < 1.29 is 19.4 Å². The molecule has 3 N–H and O–H groups in total. The van der Waals surface area contributed by atoms with Crippen LogP contribution < -0.4 is 10.2 Å². The molecule has 29 heavy (non-hydrogen) atoms. The van der Waals surface area contributed by atoms with Gasteiger partial charge in [-0.2, -0.15) is 10.2 Å². The van der Waals surface area contributed by atoms with E-state index in [1.807, 2.05) is 18.2 Å². The Hall–Kier alpha value is -3.94. The fraction of sp³-hybridized carbons (Fsp3) is 0.143. The fourth-order valence-corrected chi connectivity index (χ4v) is 3.32. The fourth-order valence-electron chi connectivity index (χ4n) is 3.32. The summed E-state index contributed by atoms with van der Waals surface area (Å²) < 4.78 is 5.22. The summed E-state index contributed by atoms with van der Waals surface area (Å²) in [6.07, 6.45) is 2.98. The monoisotopic (exact) mass is 390 g/mol. The first-order valence-electron chi connectivity index (χ1n) is 9.06.